The molecule has 0 spiro atoms. The summed E-state index contributed by atoms with van der Waals surface area (Å²) in [4.78, 5) is 30.4. The number of ether oxygens (including phenoxy) is 1. The van der Waals surface area contributed by atoms with Crippen molar-refractivity contribution in [2.45, 2.75) is 43.5 Å². The number of carbonyl (C=O) groups is 2. The van der Waals surface area contributed by atoms with Gasteiger partial charge in [-0.15, -0.1) is 0 Å². The average molecular weight is 640 g/mol. The third-order valence-electron chi connectivity index (χ3n) is 8.04. The van der Waals surface area contributed by atoms with Crippen LogP contribution in [0, 0.1) is 11.7 Å². The van der Waals surface area contributed by atoms with Gasteiger partial charge >= 0.3 is 12.3 Å². The lowest BCUT2D eigenvalue weighted by Crippen LogP contribution is -2.55. The molecular weight excluding hydrogens is 610 g/mol. The summed E-state index contributed by atoms with van der Waals surface area (Å²) in [6, 6.07) is 23.1. The molecule has 3 atom stereocenters. The molecule has 0 aliphatic heterocycles. The topological polar surface area (TPSA) is 80.3 Å². The van der Waals surface area contributed by atoms with Crippen molar-refractivity contribution in [3.63, 3.8) is 0 Å². The number of nitrogens with one attached hydrogen (secondary N) is 2. The number of carbonyl (C=O) groups excluding carboxylic acids is 2. The molecule has 0 saturated heterocycles. The number of pyridine rings is 1. The summed E-state index contributed by atoms with van der Waals surface area (Å²) in [5.41, 5.74) is -0.764. The summed E-state index contributed by atoms with van der Waals surface area (Å²) in [5.74, 6) is -2.08. The maximum Gasteiger partial charge on any atom is 0.416 e. The molecule has 234 valence electrons. The van der Waals surface area contributed by atoms with Crippen molar-refractivity contribution in [2.24, 2.45) is 5.92 Å². The number of aromatic nitrogens is 1. The van der Waals surface area contributed by atoms with E-state index < -0.39 is 46.9 Å². The molecule has 11 heteroatoms. The van der Waals surface area contributed by atoms with E-state index in [0.29, 0.717) is 29.6 Å². The number of hydrogen-bond acceptors (Lipinski definition) is 4. The summed E-state index contributed by atoms with van der Waals surface area (Å²) >= 11 is 6.10. The Morgan fingerprint density at radius 3 is 2.16 bits per heavy atom. The quantitative estimate of drug-likeness (QED) is 0.179. The predicted molar refractivity (Wildman–Crippen MR) is 161 cm³/mol. The van der Waals surface area contributed by atoms with E-state index in [-0.39, 0.29) is 25.1 Å². The Hall–Kier alpha value is -4.44. The first-order valence-electron chi connectivity index (χ1n) is 14.3. The molecule has 1 aliphatic rings. The molecule has 6 nitrogen and oxygen atoms in total. The lowest BCUT2D eigenvalue weighted by atomic mass is 9.71. The Labute approximate surface area is 262 Å². The van der Waals surface area contributed by atoms with E-state index in [9.17, 15) is 27.2 Å². The number of rotatable bonds is 10. The monoisotopic (exact) mass is 639 g/mol. The highest BCUT2D eigenvalue weighted by molar-refractivity contribution is 6.30. The third kappa shape index (κ3) is 7.81. The molecule has 1 aliphatic carbocycles. The Bertz CT molecular complexity index is 1620. The fourth-order valence-electron chi connectivity index (χ4n) is 5.50. The normalized spacial score (nSPS) is 17.4. The van der Waals surface area contributed by atoms with E-state index in [4.69, 9.17) is 16.3 Å². The molecule has 4 aromatic rings. The summed E-state index contributed by atoms with van der Waals surface area (Å²) in [5, 5.41) is 5.92. The van der Waals surface area contributed by atoms with E-state index in [1.807, 2.05) is 30.3 Å². The van der Waals surface area contributed by atoms with Crippen LogP contribution >= 0.6 is 11.6 Å². The van der Waals surface area contributed by atoms with Gasteiger partial charge in [0.2, 0.25) is 5.91 Å². The van der Waals surface area contributed by atoms with E-state index in [1.54, 1.807) is 42.5 Å². The van der Waals surface area contributed by atoms with Crippen LogP contribution in [0.1, 0.15) is 40.8 Å². The van der Waals surface area contributed by atoms with Gasteiger partial charge in [-0.05, 0) is 66.3 Å². The van der Waals surface area contributed by atoms with Crippen LogP contribution in [0.3, 0.4) is 0 Å². The Morgan fingerprint density at radius 2 is 1.56 bits per heavy atom. The summed E-state index contributed by atoms with van der Waals surface area (Å²) in [6.45, 7) is -0.141. The van der Waals surface area contributed by atoms with E-state index >= 15 is 0 Å². The molecule has 5 rings (SSSR count). The van der Waals surface area contributed by atoms with E-state index in [0.717, 1.165) is 23.3 Å². The fraction of sp³-hybridized carbons (Fsp3) is 0.265. The molecule has 45 heavy (non-hydrogen) atoms. The lowest BCUT2D eigenvalue weighted by Gasteiger charge is -2.38. The van der Waals surface area contributed by atoms with Crippen molar-refractivity contribution in [2.75, 3.05) is 6.54 Å². The van der Waals surface area contributed by atoms with Crippen LogP contribution < -0.4 is 10.6 Å². The molecule has 1 fully saturated rings. The van der Waals surface area contributed by atoms with Crippen molar-refractivity contribution >= 4 is 23.6 Å². The molecule has 1 saturated carbocycles. The number of benzene rings is 3. The van der Waals surface area contributed by atoms with Crippen LogP contribution in [0.25, 0.3) is 0 Å². The highest BCUT2D eigenvalue weighted by Crippen LogP contribution is 2.39. The largest absolute Gasteiger partial charge is 0.445 e. The number of nitrogens with zero attached hydrogens (tertiary/aromatic N) is 1. The SMILES string of the molecule is O=C(N[C@H]1CC[C@@H]1C(=O)NC[C@@](Cc1ccccc1)(c1cc(F)cc(C(F)(F)F)c1)c1ccc(Cl)cn1)OCc1ccccc1. The summed E-state index contributed by atoms with van der Waals surface area (Å²) in [7, 11) is 0. The smallest absolute Gasteiger partial charge is 0.416 e. The van der Waals surface area contributed by atoms with Crippen molar-refractivity contribution in [1.29, 1.82) is 0 Å². The number of alkyl carbamates (subject to hydrolysis) is 1. The van der Waals surface area contributed by atoms with Crippen LogP contribution in [0.5, 0.6) is 0 Å². The Kier molecular flexibility index (Phi) is 9.72. The molecule has 0 unspecified atom stereocenters. The van der Waals surface area contributed by atoms with Gasteiger partial charge in [0, 0.05) is 18.8 Å². The minimum atomic E-state index is -4.81. The molecule has 1 heterocycles. The average Bonchev–Trinajstić information content (AvgIpc) is 3.01. The first kappa shape index (κ1) is 32.0. The van der Waals surface area contributed by atoms with E-state index in [2.05, 4.69) is 15.6 Å². The molecule has 0 radical (unpaired) electrons. The van der Waals surface area contributed by atoms with Crippen LogP contribution in [0.4, 0.5) is 22.4 Å². The minimum absolute atomic E-state index is 0.0124. The highest BCUT2D eigenvalue weighted by Gasteiger charge is 2.42. The van der Waals surface area contributed by atoms with Gasteiger partial charge in [0.15, 0.2) is 0 Å². The lowest BCUT2D eigenvalue weighted by molar-refractivity contribution is -0.138. The second-order valence-corrected chi connectivity index (χ2v) is 11.5. The second-order valence-electron chi connectivity index (χ2n) is 11.0. The minimum Gasteiger partial charge on any atom is -0.445 e. The summed E-state index contributed by atoms with van der Waals surface area (Å²) < 4.78 is 61.8. The standard InChI is InChI=1S/C34H30ClF4N3O3/c35-26-11-14-30(40-19-26)33(18-22-7-3-1-4-8-22,24-15-25(34(37,38)39)17-27(36)16-24)21-41-31(43)28-12-13-29(28)42-32(44)45-20-23-9-5-2-6-10-23/h1-11,14-17,19,28-29H,12-13,18,20-21H2,(H,41,43)(H,42,44)/t28-,29-,33-/m0/s1. The summed E-state index contributed by atoms with van der Waals surface area (Å²) in [6.07, 6.45) is -3.00. The van der Waals surface area contributed by atoms with Crippen molar-refractivity contribution in [1.82, 2.24) is 15.6 Å². The molecular formula is C34H30ClF4N3O3. The maximum absolute atomic E-state index is 14.9. The molecule has 2 N–H and O–H groups in total. The van der Waals surface area contributed by atoms with Crippen molar-refractivity contribution in [3.05, 3.63) is 136 Å². The van der Waals surface area contributed by atoms with Crippen LogP contribution in [0.15, 0.2) is 97.2 Å². The molecule has 0 bridgehead atoms. The van der Waals surface area contributed by atoms with Crippen LogP contribution in [-0.2, 0) is 34.2 Å². The van der Waals surface area contributed by atoms with Gasteiger partial charge in [0.05, 0.1) is 27.6 Å². The van der Waals surface area contributed by atoms with Crippen molar-refractivity contribution < 1.29 is 31.9 Å². The van der Waals surface area contributed by atoms with Gasteiger partial charge in [0.25, 0.3) is 0 Å². The second kappa shape index (κ2) is 13.7. The highest BCUT2D eigenvalue weighted by atomic mass is 35.5. The van der Waals surface area contributed by atoms with Gasteiger partial charge in [-0.3, -0.25) is 9.78 Å². The predicted octanol–water partition coefficient (Wildman–Crippen LogP) is 7.24. The van der Waals surface area contributed by atoms with E-state index in [1.165, 1.54) is 6.20 Å². The molecule has 1 aromatic heterocycles. The number of alkyl halides is 3. The van der Waals surface area contributed by atoms with Gasteiger partial charge in [0.1, 0.15) is 12.4 Å². The first-order valence-corrected chi connectivity index (χ1v) is 14.7. The van der Waals surface area contributed by atoms with Crippen LogP contribution in [-0.4, -0.2) is 29.6 Å². The van der Waals surface area contributed by atoms with Crippen molar-refractivity contribution in [3.8, 4) is 0 Å². The first-order chi connectivity index (χ1) is 21.5. The molecule has 3 aromatic carbocycles. The Morgan fingerprint density at radius 1 is 0.889 bits per heavy atom. The fourth-order valence-corrected chi connectivity index (χ4v) is 5.61. The molecule has 2 amide bonds. The van der Waals surface area contributed by atoms with Gasteiger partial charge < -0.3 is 15.4 Å². The number of halogens is 5. The third-order valence-corrected chi connectivity index (χ3v) is 8.26. The van der Waals surface area contributed by atoms with Gasteiger partial charge in [-0.1, -0.05) is 72.3 Å². The van der Waals surface area contributed by atoms with Crippen LogP contribution in [0.2, 0.25) is 5.02 Å². The Balaban J connectivity index is 1.42. The number of hydrogen-bond donors (Lipinski definition) is 2. The zero-order valence-electron chi connectivity index (χ0n) is 24.0. The zero-order valence-corrected chi connectivity index (χ0v) is 24.7. The maximum atomic E-state index is 14.9. The van der Waals surface area contributed by atoms with Gasteiger partial charge in [-0.2, -0.15) is 13.2 Å². The van der Waals surface area contributed by atoms with Gasteiger partial charge in [-0.25, -0.2) is 9.18 Å². The number of amides is 2. The zero-order chi connectivity index (χ0) is 32.0.